The van der Waals surface area contributed by atoms with Crippen LogP contribution in [0.15, 0.2) is 12.2 Å². The number of hydrogen-bond donors (Lipinski definition) is 0. The van der Waals surface area contributed by atoms with Crippen molar-refractivity contribution >= 4 is 5.97 Å². The Kier molecular flexibility index (Phi) is 7.83. The summed E-state index contributed by atoms with van der Waals surface area (Å²) in [4.78, 5) is 11.3. The molecule has 0 aromatic heterocycles. The number of carbonyl (C=O) groups is 1. The van der Waals surface area contributed by atoms with E-state index in [4.69, 9.17) is 4.74 Å². The Hall–Kier alpha value is -0.790. The van der Waals surface area contributed by atoms with Crippen molar-refractivity contribution in [1.29, 1.82) is 0 Å². The Morgan fingerprint density at radius 3 is 2.25 bits per heavy atom. The van der Waals surface area contributed by atoms with Crippen LogP contribution in [0.1, 0.15) is 64.2 Å². The summed E-state index contributed by atoms with van der Waals surface area (Å²) < 4.78 is 5.16. The molecule has 0 aromatic rings. The van der Waals surface area contributed by atoms with Crippen LogP contribution in [-0.4, -0.2) is 12.6 Å². The molecule has 16 heavy (non-hydrogen) atoms. The number of cyclic esters (lactones) is 1. The van der Waals surface area contributed by atoms with Crippen molar-refractivity contribution in [3.63, 3.8) is 0 Å². The van der Waals surface area contributed by atoms with Crippen LogP contribution in [0.25, 0.3) is 0 Å². The van der Waals surface area contributed by atoms with Gasteiger partial charge in [-0.25, -0.2) is 0 Å². The molecule has 1 aliphatic rings. The lowest BCUT2D eigenvalue weighted by atomic mass is 10.1. The molecule has 0 saturated carbocycles. The fourth-order valence-electron chi connectivity index (χ4n) is 1.92. The van der Waals surface area contributed by atoms with Gasteiger partial charge >= 0.3 is 5.97 Å². The fourth-order valence-corrected chi connectivity index (χ4v) is 1.92. The Labute approximate surface area is 99.1 Å². The van der Waals surface area contributed by atoms with Gasteiger partial charge in [-0.3, -0.25) is 4.79 Å². The maximum atomic E-state index is 11.3. The molecule has 1 heterocycles. The number of ether oxygens (including phenoxy) is 1. The average Bonchev–Trinajstić information content (AvgIpc) is 2.29. The van der Waals surface area contributed by atoms with Gasteiger partial charge < -0.3 is 4.74 Å². The normalized spacial score (nSPS) is 23.9. The lowest BCUT2D eigenvalue weighted by Crippen LogP contribution is -2.05. The van der Waals surface area contributed by atoms with E-state index in [0.717, 1.165) is 25.7 Å². The lowest BCUT2D eigenvalue weighted by molar-refractivity contribution is -0.143. The van der Waals surface area contributed by atoms with Crippen molar-refractivity contribution in [1.82, 2.24) is 0 Å². The topological polar surface area (TPSA) is 26.3 Å². The molecule has 2 heteroatoms. The highest BCUT2D eigenvalue weighted by Gasteiger charge is 2.02. The molecule has 1 aliphatic heterocycles. The summed E-state index contributed by atoms with van der Waals surface area (Å²) >= 11 is 0. The van der Waals surface area contributed by atoms with E-state index in [0.29, 0.717) is 13.0 Å². The van der Waals surface area contributed by atoms with Crippen LogP contribution < -0.4 is 0 Å². The Bertz CT molecular complexity index is 209. The van der Waals surface area contributed by atoms with Crippen molar-refractivity contribution in [2.45, 2.75) is 64.2 Å². The molecule has 0 aliphatic carbocycles. The van der Waals surface area contributed by atoms with E-state index in [1.807, 2.05) is 0 Å². The highest BCUT2D eigenvalue weighted by atomic mass is 16.5. The van der Waals surface area contributed by atoms with Crippen molar-refractivity contribution in [3.05, 3.63) is 12.2 Å². The molecule has 0 spiro atoms. The lowest BCUT2D eigenvalue weighted by Gasteiger charge is -2.03. The minimum atomic E-state index is -0.00888. The van der Waals surface area contributed by atoms with Gasteiger partial charge in [0.15, 0.2) is 0 Å². The third-order valence-electron chi connectivity index (χ3n) is 2.95. The molecule has 0 saturated heterocycles. The number of esters is 1. The monoisotopic (exact) mass is 224 g/mol. The van der Waals surface area contributed by atoms with Crippen LogP contribution >= 0.6 is 0 Å². The first-order chi connectivity index (χ1) is 7.89. The highest BCUT2D eigenvalue weighted by Crippen LogP contribution is 2.09. The van der Waals surface area contributed by atoms with Crippen molar-refractivity contribution in [2.24, 2.45) is 0 Å². The first kappa shape index (κ1) is 13.3. The predicted molar refractivity (Wildman–Crippen MR) is 66.3 cm³/mol. The van der Waals surface area contributed by atoms with Crippen molar-refractivity contribution in [2.75, 3.05) is 6.61 Å². The van der Waals surface area contributed by atoms with Gasteiger partial charge in [-0.15, -0.1) is 0 Å². The van der Waals surface area contributed by atoms with Gasteiger partial charge in [-0.05, 0) is 38.5 Å². The zero-order chi connectivity index (χ0) is 11.5. The van der Waals surface area contributed by atoms with E-state index >= 15 is 0 Å². The predicted octanol–water partition coefficient (Wildman–Crippen LogP) is 4.00. The van der Waals surface area contributed by atoms with Crippen LogP contribution in [0, 0.1) is 0 Å². The van der Waals surface area contributed by atoms with E-state index in [1.54, 1.807) is 0 Å². The molecule has 0 amide bonds. The molecule has 92 valence electrons. The molecular weight excluding hydrogens is 200 g/mol. The fraction of sp³-hybridized carbons (Fsp3) is 0.786. The molecule has 0 fully saturated rings. The van der Waals surface area contributed by atoms with Crippen LogP contribution in [0.3, 0.4) is 0 Å². The molecule has 0 bridgehead atoms. The average molecular weight is 224 g/mol. The summed E-state index contributed by atoms with van der Waals surface area (Å²) in [6, 6.07) is 0. The van der Waals surface area contributed by atoms with Crippen molar-refractivity contribution < 1.29 is 9.53 Å². The standard InChI is InChI=1S/C14H24O2/c15-14-12-10-8-6-4-2-1-3-5-7-9-11-13-16-14/h3,5H,1-2,4,6-13H2/b5-3+. The summed E-state index contributed by atoms with van der Waals surface area (Å²) in [5, 5.41) is 0. The van der Waals surface area contributed by atoms with E-state index in [9.17, 15) is 4.79 Å². The third kappa shape index (κ3) is 7.49. The van der Waals surface area contributed by atoms with Gasteiger partial charge in [-0.2, -0.15) is 0 Å². The van der Waals surface area contributed by atoms with Crippen molar-refractivity contribution in [3.8, 4) is 0 Å². The highest BCUT2D eigenvalue weighted by molar-refractivity contribution is 5.69. The van der Waals surface area contributed by atoms with Gasteiger partial charge in [0.1, 0.15) is 0 Å². The van der Waals surface area contributed by atoms with Crippen LogP contribution in [-0.2, 0) is 9.53 Å². The largest absolute Gasteiger partial charge is 0.466 e. The summed E-state index contributed by atoms with van der Waals surface area (Å²) in [6.45, 7) is 0.604. The molecule has 0 aromatic carbocycles. The number of carbonyl (C=O) groups excluding carboxylic acids is 1. The first-order valence-electron chi connectivity index (χ1n) is 6.70. The molecule has 1 rings (SSSR count). The second kappa shape index (κ2) is 9.44. The Morgan fingerprint density at radius 1 is 0.812 bits per heavy atom. The van der Waals surface area contributed by atoms with E-state index < -0.39 is 0 Å². The minimum Gasteiger partial charge on any atom is -0.466 e. The molecule has 0 N–H and O–H groups in total. The first-order valence-corrected chi connectivity index (χ1v) is 6.70. The third-order valence-corrected chi connectivity index (χ3v) is 2.95. The number of allylic oxidation sites excluding steroid dienone is 2. The van der Waals surface area contributed by atoms with E-state index in [-0.39, 0.29) is 5.97 Å². The van der Waals surface area contributed by atoms with Crippen LogP contribution in [0.5, 0.6) is 0 Å². The van der Waals surface area contributed by atoms with Gasteiger partial charge in [0, 0.05) is 6.42 Å². The quantitative estimate of drug-likeness (QED) is 0.459. The maximum absolute atomic E-state index is 11.3. The molecule has 0 radical (unpaired) electrons. The number of hydrogen-bond acceptors (Lipinski definition) is 2. The van der Waals surface area contributed by atoms with Gasteiger partial charge in [0.25, 0.3) is 0 Å². The van der Waals surface area contributed by atoms with E-state index in [1.165, 1.54) is 32.1 Å². The van der Waals surface area contributed by atoms with Gasteiger partial charge in [0.05, 0.1) is 6.61 Å². The SMILES string of the molecule is O=C1CCCCCCC/C=C/CCCCO1. The molecule has 2 nitrogen and oxygen atoms in total. The zero-order valence-corrected chi connectivity index (χ0v) is 10.2. The Balaban J connectivity index is 2.19. The second-order valence-corrected chi connectivity index (χ2v) is 4.49. The summed E-state index contributed by atoms with van der Waals surface area (Å²) in [6.07, 6.45) is 15.6. The summed E-state index contributed by atoms with van der Waals surface area (Å²) in [5.74, 6) is -0.00888. The van der Waals surface area contributed by atoms with Gasteiger partial charge in [-0.1, -0.05) is 31.4 Å². The summed E-state index contributed by atoms with van der Waals surface area (Å²) in [7, 11) is 0. The minimum absolute atomic E-state index is 0.00888. The van der Waals surface area contributed by atoms with Crippen LogP contribution in [0.2, 0.25) is 0 Å². The second-order valence-electron chi connectivity index (χ2n) is 4.49. The maximum Gasteiger partial charge on any atom is 0.305 e. The van der Waals surface area contributed by atoms with Gasteiger partial charge in [0.2, 0.25) is 0 Å². The zero-order valence-electron chi connectivity index (χ0n) is 10.2. The number of rotatable bonds is 0. The Morgan fingerprint density at radius 2 is 1.44 bits per heavy atom. The van der Waals surface area contributed by atoms with E-state index in [2.05, 4.69) is 12.2 Å². The smallest absolute Gasteiger partial charge is 0.305 e. The molecule has 0 atom stereocenters. The van der Waals surface area contributed by atoms with Crippen LogP contribution in [0.4, 0.5) is 0 Å². The summed E-state index contributed by atoms with van der Waals surface area (Å²) in [5.41, 5.74) is 0. The molecule has 0 unspecified atom stereocenters. The molecular formula is C14H24O2.